The topological polar surface area (TPSA) is 67.2 Å². The molecule has 24 heavy (non-hydrogen) atoms. The Labute approximate surface area is 148 Å². The van der Waals surface area contributed by atoms with E-state index in [1.807, 2.05) is 20.0 Å². The third-order valence-corrected chi connectivity index (χ3v) is 9.01. The molecule has 0 amide bonds. The summed E-state index contributed by atoms with van der Waals surface area (Å²) in [5.41, 5.74) is 9.12. The van der Waals surface area contributed by atoms with Crippen LogP contribution in [0.1, 0.15) is 33.3 Å². The highest BCUT2D eigenvalue weighted by Gasteiger charge is 2.39. The molecule has 0 saturated carbocycles. The van der Waals surface area contributed by atoms with Crippen LogP contribution in [0.5, 0.6) is 5.75 Å². The molecule has 5 nitrogen and oxygen atoms in total. The van der Waals surface area contributed by atoms with Gasteiger partial charge in [0.2, 0.25) is 0 Å². The van der Waals surface area contributed by atoms with Crippen molar-refractivity contribution in [2.45, 2.75) is 58.5 Å². The summed E-state index contributed by atoms with van der Waals surface area (Å²) in [5, 5.41) is 3.65. The average Bonchev–Trinajstić information content (AvgIpc) is 2.45. The van der Waals surface area contributed by atoms with Gasteiger partial charge in [-0.05, 0) is 42.7 Å². The van der Waals surface area contributed by atoms with E-state index in [2.05, 4.69) is 30.8 Å². The Kier molecular flexibility index (Phi) is 7.10. The van der Waals surface area contributed by atoms with Gasteiger partial charge in [-0.2, -0.15) is 0 Å². The molecule has 1 aromatic carbocycles. The van der Waals surface area contributed by atoms with Gasteiger partial charge in [0.05, 0.1) is 11.6 Å². The molecule has 0 aliphatic heterocycles. The van der Waals surface area contributed by atoms with E-state index in [0.29, 0.717) is 12.4 Å². The van der Waals surface area contributed by atoms with Crippen molar-refractivity contribution >= 4 is 19.9 Å². The second kappa shape index (κ2) is 8.21. The Morgan fingerprint density at radius 1 is 1.38 bits per heavy atom. The smallest absolute Gasteiger partial charge is 0.192 e. The van der Waals surface area contributed by atoms with E-state index >= 15 is 0 Å². The van der Waals surface area contributed by atoms with Gasteiger partial charge in [0.25, 0.3) is 0 Å². The zero-order valence-corrected chi connectivity index (χ0v) is 16.8. The Balaban J connectivity index is 3.18. The molecule has 0 bridgehead atoms. The predicted molar refractivity (Wildman–Crippen MR) is 97.5 cm³/mol. The van der Waals surface area contributed by atoms with Gasteiger partial charge in [0, 0.05) is 16.9 Å². The van der Waals surface area contributed by atoms with Crippen LogP contribution in [0, 0.1) is 5.82 Å². The number of azide groups is 1. The first-order valence-corrected chi connectivity index (χ1v) is 11.1. The second-order valence-electron chi connectivity index (χ2n) is 7.01. The number of ether oxygens (including phenoxy) is 1. The van der Waals surface area contributed by atoms with Gasteiger partial charge in [-0.1, -0.05) is 37.5 Å². The summed E-state index contributed by atoms with van der Waals surface area (Å²) < 4.78 is 26.1. The molecule has 0 radical (unpaired) electrons. The van der Waals surface area contributed by atoms with Crippen LogP contribution in [0.4, 0.5) is 4.39 Å². The molecule has 0 fully saturated rings. The van der Waals surface area contributed by atoms with Gasteiger partial charge >= 0.3 is 0 Å². The molecular formula is C16H25ClFN3O2Si. The zero-order chi connectivity index (χ0) is 18.5. The van der Waals surface area contributed by atoms with Crippen LogP contribution in [-0.2, 0) is 10.8 Å². The summed E-state index contributed by atoms with van der Waals surface area (Å²) in [5.74, 6) is -0.184. The van der Waals surface area contributed by atoms with E-state index in [1.54, 1.807) is 6.07 Å². The SMILES string of the molecule is CCOc1ccc(Cl)c(F)c1CC(N=[N+]=[N-])O[Si](C)(C)C(C)(C)C. The van der Waals surface area contributed by atoms with Gasteiger partial charge in [0.1, 0.15) is 17.8 Å². The van der Waals surface area contributed by atoms with Crippen LogP contribution in [0.3, 0.4) is 0 Å². The molecular weight excluding hydrogens is 349 g/mol. The first kappa shape index (κ1) is 20.8. The molecule has 1 unspecified atom stereocenters. The van der Waals surface area contributed by atoms with Crippen LogP contribution in [-0.4, -0.2) is 21.2 Å². The predicted octanol–water partition coefficient (Wildman–Crippen LogP) is 6.08. The van der Waals surface area contributed by atoms with Gasteiger partial charge in [-0.15, -0.1) is 0 Å². The van der Waals surface area contributed by atoms with E-state index in [0.717, 1.165) is 0 Å². The second-order valence-corrected chi connectivity index (χ2v) is 12.2. The van der Waals surface area contributed by atoms with Gasteiger partial charge in [0.15, 0.2) is 8.32 Å². The lowest BCUT2D eigenvalue weighted by Crippen LogP contribution is -2.44. The molecule has 0 saturated heterocycles. The van der Waals surface area contributed by atoms with E-state index in [4.69, 9.17) is 26.3 Å². The Morgan fingerprint density at radius 2 is 2.00 bits per heavy atom. The summed E-state index contributed by atoms with van der Waals surface area (Å²) in [4.78, 5) is 2.85. The highest BCUT2D eigenvalue weighted by atomic mass is 35.5. The van der Waals surface area contributed by atoms with E-state index in [9.17, 15) is 4.39 Å². The van der Waals surface area contributed by atoms with Crippen LogP contribution in [0.25, 0.3) is 10.4 Å². The molecule has 0 spiro atoms. The Bertz CT molecular complexity index is 628. The molecule has 0 heterocycles. The van der Waals surface area contributed by atoms with Crippen molar-refractivity contribution in [1.29, 1.82) is 0 Å². The third kappa shape index (κ3) is 5.11. The number of halogens is 2. The fourth-order valence-electron chi connectivity index (χ4n) is 1.91. The summed E-state index contributed by atoms with van der Waals surface area (Å²) in [7, 11) is -2.19. The van der Waals surface area contributed by atoms with Crippen LogP contribution in [0.15, 0.2) is 17.2 Å². The Hall–Kier alpha value is -1.27. The lowest BCUT2D eigenvalue weighted by molar-refractivity contribution is 0.184. The maximum absolute atomic E-state index is 14.5. The maximum Gasteiger partial charge on any atom is 0.192 e. The quantitative estimate of drug-likeness (QED) is 0.251. The number of hydrogen-bond donors (Lipinski definition) is 0. The molecule has 0 aromatic heterocycles. The van der Waals surface area contributed by atoms with Gasteiger partial charge < -0.3 is 9.16 Å². The van der Waals surface area contributed by atoms with Crippen LogP contribution < -0.4 is 4.74 Å². The van der Waals surface area contributed by atoms with Crippen molar-refractivity contribution < 1.29 is 13.6 Å². The standard InChI is InChI=1S/C16H25ClFN3O2Si/c1-7-22-13-9-8-12(17)15(18)11(13)10-14(20-21-19)23-24(5,6)16(2,3)4/h8-9,14H,7,10H2,1-6H3. The number of nitrogens with zero attached hydrogens (tertiary/aromatic N) is 3. The van der Waals surface area contributed by atoms with Crippen molar-refractivity contribution in [2.24, 2.45) is 5.11 Å². The fraction of sp³-hybridized carbons (Fsp3) is 0.625. The van der Waals surface area contributed by atoms with Crippen molar-refractivity contribution in [1.82, 2.24) is 0 Å². The van der Waals surface area contributed by atoms with Crippen molar-refractivity contribution in [3.8, 4) is 5.75 Å². The molecule has 8 heteroatoms. The highest BCUT2D eigenvalue weighted by molar-refractivity contribution is 6.74. The molecule has 134 valence electrons. The molecule has 1 rings (SSSR count). The number of rotatable bonds is 7. The van der Waals surface area contributed by atoms with Crippen molar-refractivity contribution in [3.63, 3.8) is 0 Å². The first-order chi connectivity index (χ1) is 11.0. The lowest BCUT2D eigenvalue weighted by atomic mass is 10.1. The average molecular weight is 374 g/mol. The van der Waals surface area contributed by atoms with Gasteiger partial charge in [-0.3, -0.25) is 0 Å². The zero-order valence-electron chi connectivity index (χ0n) is 15.1. The minimum absolute atomic E-state index is 0.000432. The van der Waals surface area contributed by atoms with Crippen LogP contribution in [0.2, 0.25) is 23.2 Å². The Morgan fingerprint density at radius 3 is 2.50 bits per heavy atom. The van der Waals surface area contributed by atoms with E-state index in [1.165, 1.54) is 6.07 Å². The largest absolute Gasteiger partial charge is 0.493 e. The summed E-state index contributed by atoms with van der Waals surface area (Å²) in [6.07, 6.45) is -0.749. The summed E-state index contributed by atoms with van der Waals surface area (Å²) in [6.45, 7) is 12.5. The maximum atomic E-state index is 14.5. The van der Waals surface area contributed by atoms with Crippen molar-refractivity contribution in [2.75, 3.05) is 6.61 Å². The molecule has 0 N–H and O–H groups in total. The minimum Gasteiger partial charge on any atom is -0.493 e. The van der Waals surface area contributed by atoms with Crippen molar-refractivity contribution in [3.05, 3.63) is 39.0 Å². The number of benzene rings is 1. The van der Waals surface area contributed by atoms with E-state index < -0.39 is 20.4 Å². The monoisotopic (exact) mass is 373 g/mol. The summed E-state index contributed by atoms with van der Waals surface area (Å²) >= 11 is 5.89. The lowest BCUT2D eigenvalue weighted by Gasteiger charge is -2.38. The first-order valence-electron chi connectivity index (χ1n) is 7.85. The molecule has 1 atom stereocenters. The highest BCUT2D eigenvalue weighted by Crippen LogP contribution is 2.38. The number of hydrogen-bond acceptors (Lipinski definition) is 3. The molecule has 0 aliphatic rings. The van der Waals surface area contributed by atoms with E-state index in [-0.39, 0.29) is 22.0 Å². The summed E-state index contributed by atoms with van der Waals surface area (Å²) in [6, 6.07) is 3.06. The normalized spacial score (nSPS) is 13.3. The van der Waals surface area contributed by atoms with Gasteiger partial charge in [-0.25, -0.2) is 4.39 Å². The molecule has 0 aliphatic carbocycles. The molecule has 1 aromatic rings. The minimum atomic E-state index is -2.19. The van der Waals surface area contributed by atoms with Crippen LogP contribution >= 0.6 is 11.6 Å². The third-order valence-electron chi connectivity index (χ3n) is 4.25. The fourth-order valence-corrected chi connectivity index (χ4v) is 3.25.